The maximum Gasteiger partial charge on any atom is 0.101 e. The zero-order valence-electron chi connectivity index (χ0n) is 7.49. The quantitative estimate of drug-likeness (QED) is 0.576. The van der Waals surface area contributed by atoms with Gasteiger partial charge in [-0.25, -0.2) is 0 Å². The molecule has 0 aromatic rings. The minimum Gasteiger partial charge on any atom is -0.387 e. The monoisotopic (exact) mass is 162 g/mol. The van der Waals surface area contributed by atoms with Gasteiger partial charge in [-0.15, -0.1) is 0 Å². The van der Waals surface area contributed by atoms with Crippen molar-refractivity contribution < 1.29 is 0 Å². The molecule has 0 amide bonds. The van der Waals surface area contributed by atoms with Crippen LogP contribution in [0.2, 0.25) is 0 Å². The minimum absolute atomic E-state index is 0.0337. The molecule has 0 spiro atoms. The van der Waals surface area contributed by atoms with E-state index in [-0.39, 0.29) is 11.5 Å². The van der Waals surface area contributed by atoms with E-state index in [0.29, 0.717) is 5.92 Å². The van der Waals surface area contributed by atoms with Crippen LogP contribution in [0.5, 0.6) is 0 Å². The topological polar surface area (TPSA) is 38.4 Å². The molecule has 2 unspecified atom stereocenters. The van der Waals surface area contributed by atoms with Crippen molar-refractivity contribution in [1.29, 1.82) is 0 Å². The number of nitrogens with zero attached hydrogens (tertiary/aromatic N) is 1. The summed E-state index contributed by atoms with van der Waals surface area (Å²) in [5.74, 6) is 1.25. The SMILES string of the molecule is CC1(C)C(N)=NC2C=CC=CC21. The molecule has 2 aliphatic rings. The number of rotatable bonds is 0. The highest BCUT2D eigenvalue weighted by Gasteiger charge is 2.41. The molecule has 0 bridgehead atoms. The van der Waals surface area contributed by atoms with E-state index in [9.17, 15) is 0 Å². The fourth-order valence-electron chi connectivity index (χ4n) is 1.88. The van der Waals surface area contributed by atoms with Crippen LogP contribution in [0.25, 0.3) is 0 Å². The second-order valence-corrected chi connectivity index (χ2v) is 4.02. The standard InChI is InChI=1S/C10H14N2/c1-10(2)7-5-3-4-6-8(7)12-9(10)11/h3-8H,1-2H3,(H2,11,12). The Morgan fingerprint density at radius 1 is 1.33 bits per heavy atom. The summed E-state index contributed by atoms with van der Waals surface area (Å²) in [6.07, 6.45) is 8.44. The highest BCUT2D eigenvalue weighted by molar-refractivity contribution is 5.89. The molecule has 0 fully saturated rings. The van der Waals surface area contributed by atoms with E-state index in [1.165, 1.54) is 0 Å². The van der Waals surface area contributed by atoms with Gasteiger partial charge in [-0.3, -0.25) is 4.99 Å². The van der Waals surface area contributed by atoms with Gasteiger partial charge in [0.05, 0.1) is 6.04 Å². The van der Waals surface area contributed by atoms with Crippen molar-refractivity contribution in [2.24, 2.45) is 22.1 Å². The van der Waals surface area contributed by atoms with Crippen LogP contribution in [0.3, 0.4) is 0 Å². The molecule has 2 nitrogen and oxygen atoms in total. The van der Waals surface area contributed by atoms with E-state index < -0.39 is 0 Å². The first-order valence-electron chi connectivity index (χ1n) is 4.31. The summed E-state index contributed by atoms with van der Waals surface area (Å²) in [6.45, 7) is 4.31. The van der Waals surface area contributed by atoms with Crippen molar-refractivity contribution in [2.75, 3.05) is 0 Å². The van der Waals surface area contributed by atoms with Crippen LogP contribution in [0.4, 0.5) is 0 Å². The van der Waals surface area contributed by atoms with E-state index in [4.69, 9.17) is 5.73 Å². The second kappa shape index (κ2) is 2.22. The molecule has 64 valence electrons. The number of fused-ring (bicyclic) bond motifs is 1. The lowest BCUT2D eigenvalue weighted by Crippen LogP contribution is -2.34. The van der Waals surface area contributed by atoms with Crippen molar-refractivity contribution in [1.82, 2.24) is 0 Å². The second-order valence-electron chi connectivity index (χ2n) is 4.02. The Balaban J connectivity index is 2.39. The first-order chi connectivity index (χ1) is 5.62. The Morgan fingerprint density at radius 2 is 2.00 bits per heavy atom. The van der Waals surface area contributed by atoms with Gasteiger partial charge in [-0.2, -0.15) is 0 Å². The Kier molecular flexibility index (Phi) is 1.40. The lowest BCUT2D eigenvalue weighted by Gasteiger charge is -2.27. The predicted molar refractivity (Wildman–Crippen MR) is 51.0 cm³/mol. The fraction of sp³-hybridized carbons (Fsp3) is 0.500. The highest BCUT2D eigenvalue weighted by Crippen LogP contribution is 2.39. The third-order valence-electron chi connectivity index (χ3n) is 2.89. The average Bonchev–Trinajstić information content (AvgIpc) is 2.25. The summed E-state index contributed by atoms with van der Waals surface area (Å²) >= 11 is 0. The maximum atomic E-state index is 5.85. The van der Waals surface area contributed by atoms with Crippen LogP contribution >= 0.6 is 0 Å². The summed E-state index contributed by atoms with van der Waals surface area (Å²) in [4.78, 5) is 4.42. The van der Waals surface area contributed by atoms with Gasteiger partial charge >= 0.3 is 0 Å². The van der Waals surface area contributed by atoms with Gasteiger partial charge in [0, 0.05) is 11.3 Å². The van der Waals surface area contributed by atoms with Gasteiger partial charge < -0.3 is 5.73 Å². The van der Waals surface area contributed by atoms with Crippen molar-refractivity contribution in [3.05, 3.63) is 24.3 Å². The van der Waals surface area contributed by atoms with Crippen LogP contribution in [0, 0.1) is 11.3 Å². The smallest absolute Gasteiger partial charge is 0.101 e. The molecule has 1 heterocycles. The van der Waals surface area contributed by atoms with Gasteiger partial charge in [-0.05, 0) is 0 Å². The first-order valence-corrected chi connectivity index (χ1v) is 4.31. The van der Waals surface area contributed by atoms with Gasteiger partial charge in [-0.1, -0.05) is 38.2 Å². The summed E-state index contributed by atoms with van der Waals surface area (Å²) in [5.41, 5.74) is 5.89. The van der Waals surface area contributed by atoms with Crippen molar-refractivity contribution in [3.8, 4) is 0 Å². The van der Waals surface area contributed by atoms with Gasteiger partial charge in [0.25, 0.3) is 0 Å². The summed E-state index contributed by atoms with van der Waals surface area (Å²) in [7, 11) is 0. The molecule has 1 aliphatic carbocycles. The first kappa shape index (κ1) is 7.59. The zero-order valence-corrected chi connectivity index (χ0v) is 7.49. The molecule has 0 saturated heterocycles. The average molecular weight is 162 g/mol. The molecular formula is C10H14N2. The number of allylic oxidation sites excluding steroid dienone is 2. The summed E-state index contributed by atoms with van der Waals surface area (Å²) in [6, 6.07) is 0.282. The molecule has 0 radical (unpaired) electrons. The number of nitrogens with two attached hydrogens (primary N) is 1. The molecule has 12 heavy (non-hydrogen) atoms. The largest absolute Gasteiger partial charge is 0.387 e. The summed E-state index contributed by atoms with van der Waals surface area (Å²) in [5, 5.41) is 0. The van der Waals surface area contributed by atoms with Gasteiger partial charge in [0.1, 0.15) is 5.84 Å². The Labute approximate surface area is 72.9 Å². The number of hydrogen-bond donors (Lipinski definition) is 1. The van der Waals surface area contributed by atoms with E-state index >= 15 is 0 Å². The molecule has 0 aromatic carbocycles. The lowest BCUT2D eigenvalue weighted by molar-refractivity contribution is 0.379. The highest BCUT2D eigenvalue weighted by atomic mass is 15.0. The van der Waals surface area contributed by atoms with Crippen LogP contribution in [-0.4, -0.2) is 11.9 Å². The Hall–Kier alpha value is -1.05. The zero-order chi connectivity index (χ0) is 8.77. The maximum absolute atomic E-state index is 5.85. The van der Waals surface area contributed by atoms with E-state index in [1.54, 1.807) is 0 Å². The summed E-state index contributed by atoms with van der Waals surface area (Å²) < 4.78 is 0. The molecule has 0 aromatic heterocycles. The van der Waals surface area contributed by atoms with Crippen molar-refractivity contribution >= 4 is 5.84 Å². The molecule has 2 heteroatoms. The van der Waals surface area contributed by atoms with Crippen molar-refractivity contribution in [3.63, 3.8) is 0 Å². The molecule has 2 N–H and O–H groups in total. The Morgan fingerprint density at radius 3 is 2.67 bits per heavy atom. The predicted octanol–water partition coefficient (Wildman–Crippen LogP) is 1.49. The molecule has 2 rings (SSSR count). The number of amidine groups is 1. The van der Waals surface area contributed by atoms with Crippen LogP contribution < -0.4 is 5.73 Å². The molecule has 1 aliphatic heterocycles. The lowest BCUT2D eigenvalue weighted by atomic mass is 9.75. The third kappa shape index (κ3) is 0.840. The molecule has 0 saturated carbocycles. The van der Waals surface area contributed by atoms with Crippen LogP contribution in [-0.2, 0) is 0 Å². The fourth-order valence-corrected chi connectivity index (χ4v) is 1.88. The number of hydrogen-bond acceptors (Lipinski definition) is 2. The molecular weight excluding hydrogens is 148 g/mol. The number of aliphatic imine (C=N–C) groups is 1. The van der Waals surface area contributed by atoms with Crippen LogP contribution in [0.1, 0.15) is 13.8 Å². The van der Waals surface area contributed by atoms with Gasteiger partial charge in [0.2, 0.25) is 0 Å². The van der Waals surface area contributed by atoms with E-state index in [0.717, 1.165) is 5.84 Å². The van der Waals surface area contributed by atoms with Gasteiger partial charge in [0.15, 0.2) is 0 Å². The normalized spacial score (nSPS) is 36.3. The van der Waals surface area contributed by atoms with Crippen molar-refractivity contribution in [2.45, 2.75) is 19.9 Å². The van der Waals surface area contributed by atoms with E-state index in [1.807, 2.05) is 6.08 Å². The van der Waals surface area contributed by atoms with Crippen LogP contribution in [0.15, 0.2) is 29.3 Å². The third-order valence-corrected chi connectivity index (χ3v) is 2.89. The Bertz CT molecular complexity index is 284. The van der Waals surface area contributed by atoms with E-state index in [2.05, 4.69) is 37.1 Å². The minimum atomic E-state index is 0.0337. The molecule has 2 atom stereocenters.